The van der Waals surface area contributed by atoms with Gasteiger partial charge in [0.1, 0.15) is 12.4 Å². The zero-order valence-electron chi connectivity index (χ0n) is 16.8. The van der Waals surface area contributed by atoms with Crippen LogP contribution in [0.1, 0.15) is 19.5 Å². The Balaban J connectivity index is 2.04. The van der Waals surface area contributed by atoms with E-state index in [1.165, 1.54) is 0 Å². The molecule has 0 fully saturated rings. The summed E-state index contributed by atoms with van der Waals surface area (Å²) in [5, 5.41) is 12.1. The van der Waals surface area contributed by atoms with Crippen LogP contribution < -0.4 is 19.5 Å². The van der Waals surface area contributed by atoms with E-state index in [1.54, 1.807) is 14.2 Å². The van der Waals surface area contributed by atoms with Crippen LogP contribution in [0.5, 0.6) is 17.4 Å². The van der Waals surface area contributed by atoms with Gasteiger partial charge >= 0.3 is 0 Å². The van der Waals surface area contributed by atoms with Gasteiger partial charge in [0.15, 0.2) is 17.3 Å². The Kier molecular flexibility index (Phi) is 6.20. The lowest BCUT2D eigenvalue weighted by Crippen LogP contribution is -2.09. The van der Waals surface area contributed by atoms with E-state index in [-0.39, 0.29) is 6.10 Å². The molecule has 28 heavy (non-hydrogen) atoms. The Labute approximate surface area is 164 Å². The van der Waals surface area contributed by atoms with E-state index in [1.807, 2.05) is 45.0 Å². The SMILES string of the molecule is COCCOc1cc2c(OC(C)C)nc(Nc3cc(C)[nH]n3)cc2cc1OC. The van der Waals surface area contributed by atoms with Gasteiger partial charge in [-0.15, -0.1) is 0 Å². The summed E-state index contributed by atoms with van der Waals surface area (Å²) < 4.78 is 22.3. The number of anilines is 2. The molecule has 0 aliphatic rings. The second-order valence-corrected chi connectivity index (χ2v) is 6.61. The van der Waals surface area contributed by atoms with Crippen molar-refractivity contribution in [1.29, 1.82) is 0 Å². The highest BCUT2D eigenvalue weighted by Crippen LogP contribution is 2.37. The highest BCUT2D eigenvalue weighted by atomic mass is 16.5. The molecule has 0 saturated heterocycles. The summed E-state index contributed by atoms with van der Waals surface area (Å²) in [6.07, 6.45) is -0.0291. The van der Waals surface area contributed by atoms with Crippen LogP contribution in [-0.4, -0.2) is 48.7 Å². The van der Waals surface area contributed by atoms with Crippen molar-refractivity contribution in [2.75, 3.05) is 32.8 Å². The number of H-pyrrole nitrogens is 1. The van der Waals surface area contributed by atoms with E-state index in [2.05, 4.69) is 20.5 Å². The third-order valence-electron chi connectivity index (χ3n) is 3.93. The maximum absolute atomic E-state index is 5.96. The molecule has 150 valence electrons. The molecule has 2 aromatic heterocycles. The number of rotatable bonds is 9. The Hall–Kier alpha value is -3.00. The molecule has 3 rings (SSSR count). The second-order valence-electron chi connectivity index (χ2n) is 6.61. The molecule has 0 aliphatic heterocycles. The average Bonchev–Trinajstić information content (AvgIpc) is 3.06. The van der Waals surface area contributed by atoms with Crippen LogP contribution in [0.4, 0.5) is 11.6 Å². The molecule has 0 atom stereocenters. The predicted octanol–water partition coefficient (Wildman–Crippen LogP) is 3.83. The van der Waals surface area contributed by atoms with Crippen molar-refractivity contribution in [3.05, 3.63) is 30.0 Å². The fourth-order valence-corrected chi connectivity index (χ4v) is 2.73. The smallest absolute Gasteiger partial charge is 0.223 e. The lowest BCUT2D eigenvalue weighted by Gasteiger charge is -2.16. The summed E-state index contributed by atoms with van der Waals surface area (Å²) in [7, 11) is 3.25. The number of hydrogen-bond donors (Lipinski definition) is 2. The quantitative estimate of drug-likeness (QED) is 0.540. The van der Waals surface area contributed by atoms with Crippen LogP contribution in [0.25, 0.3) is 10.8 Å². The molecule has 0 bridgehead atoms. The number of benzene rings is 1. The normalized spacial score (nSPS) is 11.1. The Morgan fingerprint density at radius 3 is 2.50 bits per heavy atom. The van der Waals surface area contributed by atoms with E-state index in [4.69, 9.17) is 18.9 Å². The first kappa shape index (κ1) is 19.8. The van der Waals surface area contributed by atoms with E-state index < -0.39 is 0 Å². The molecule has 2 N–H and O–H groups in total. The maximum Gasteiger partial charge on any atom is 0.223 e. The van der Waals surface area contributed by atoms with Crippen molar-refractivity contribution in [2.45, 2.75) is 26.9 Å². The zero-order chi connectivity index (χ0) is 20.1. The highest BCUT2D eigenvalue weighted by Gasteiger charge is 2.15. The van der Waals surface area contributed by atoms with Crippen LogP contribution in [-0.2, 0) is 4.74 Å². The highest BCUT2D eigenvalue weighted by molar-refractivity contribution is 5.92. The zero-order valence-corrected chi connectivity index (χ0v) is 16.8. The van der Waals surface area contributed by atoms with Crippen LogP contribution in [0, 0.1) is 6.92 Å². The number of nitrogens with one attached hydrogen (secondary N) is 2. The van der Waals surface area contributed by atoms with E-state index >= 15 is 0 Å². The van der Waals surface area contributed by atoms with E-state index in [0.717, 1.165) is 16.5 Å². The lowest BCUT2D eigenvalue weighted by molar-refractivity contribution is 0.144. The number of fused-ring (bicyclic) bond motifs is 1. The van der Waals surface area contributed by atoms with Crippen LogP contribution in [0.3, 0.4) is 0 Å². The second kappa shape index (κ2) is 8.79. The number of ether oxygens (including phenoxy) is 4. The van der Waals surface area contributed by atoms with Crippen molar-refractivity contribution in [2.24, 2.45) is 0 Å². The predicted molar refractivity (Wildman–Crippen MR) is 108 cm³/mol. The number of methoxy groups -OCH3 is 2. The van der Waals surface area contributed by atoms with Gasteiger partial charge < -0.3 is 24.3 Å². The standard InChI is InChI=1S/C20H26N4O4/c1-12(2)28-20-15-11-17(27-7-6-25-4)16(26-5)9-14(15)10-18(22-20)21-19-8-13(3)23-24-19/h8-12H,6-7H2,1-5H3,(H2,21,22,23,24). The van der Waals surface area contributed by atoms with Crippen molar-refractivity contribution in [1.82, 2.24) is 15.2 Å². The molecule has 0 radical (unpaired) electrons. The monoisotopic (exact) mass is 386 g/mol. The van der Waals surface area contributed by atoms with E-state index in [9.17, 15) is 0 Å². The number of aromatic amines is 1. The average molecular weight is 386 g/mol. The summed E-state index contributed by atoms with van der Waals surface area (Å²) in [4.78, 5) is 4.63. The minimum atomic E-state index is -0.0291. The third-order valence-corrected chi connectivity index (χ3v) is 3.93. The number of hydrogen-bond acceptors (Lipinski definition) is 7. The topological polar surface area (TPSA) is 90.5 Å². The molecule has 0 amide bonds. The molecule has 2 heterocycles. The molecule has 0 aliphatic carbocycles. The number of aromatic nitrogens is 3. The fourth-order valence-electron chi connectivity index (χ4n) is 2.73. The van der Waals surface area contributed by atoms with Gasteiger partial charge in [0.25, 0.3) is 0 Å². The van der Waals surface area contributed by atoms with Gasteiger partial charge in [-0.1, -0.05) is 0 Å². The van der Waals surface area contributed by atoms with Crippen LogP contribution >= 0.6 is 0 Å². The van der Waals surface area contributed by atoms with E-state index in [0.29, 0.717) is 42.2 Å². The first-order valence-corrected chi connectivity index (χ1v) is 9.10. The Morgan fingerprint density at radius 1 is 1.04 bits per heavy atom. The summed E-state index contributed by atoms with van der Waals surface area (Å²) in [6.45, 7) is 6.77. The molecular formula is C20H26N4O4. The summed E-state index contributed by atoms with van der Waals surface area (Å²) in [6, 6.07) is 7.63. The van der Waals surface area contributed by atoms with Gasteiger partial charge in [0, 0.05) is 24.3 Å². The maximum atomic E-state index is 5.96. The Bertz CT molecular complexity index is 939. The number of pyridine rings is 1. The largest absolute Gasteiger partial charge is 0.493 e. The first-order chi connectivity index (χ1) is 13.5. The Morgan fingerprint density at radius 2 is 1.86 bits per heavy atom. The summed E-state index contributed by atoms with van der Waals surface area (Å²) in [5.41, 5.74) is 0.960. The number of aryl methyl sites for hydroxylation is 1. The molecular weight excluding hydrogens is 360 g/mol. The van der Waals surface area contributed by atoms with Crippen molar-refractivity contribution < 1.29 is 18.9 Å². The van der Waals surface area contributed by atoms with Crippen LogP contribution in [0.15, 0.2) is 24.3 Å². The van der Waals surface area contributed by atoms with Crippen molar-refractivity contribution >= 4 is 22.4 Å². The molecule has 1 aromatic carbocycles. The minimum absolute atomic E-state index is 0.0291. The molecule has 8 heteroatoms. The summed E-state index contributed by atoms with van der Waals surface area (Å²) >= 11 is 0. The molecule has 8 nitrogen and oxygen atoms in total. The van der Waals surface area contributed by atoms with Gasteiger partial charge in [-0.25, -0.2) is 0 Å². The minimum Gasteiger partial charge on any atom is -0.493 e. The van der Waals surface area contributed by atoms with Crippen molar-refractivity contribution in [3.8, 4) is 17.4 Å². The van der Waals surface area contributed by atoms with Crippen molar-refractivity contribution in [3.63, 3.8) is 0 Å². The molecule has 0 unspecified atom stereocenters. The molecule has 0 saturated carbocycles. The number of nitrogens with zero attached hydrogens (tertiary/aromatic N) is 2. The van der Waals surface area contributed by atoms with Gasteiger partial charge in [-0.2, -0.15) is 10.1 Å². The first-order valence-electron chi connectivity index (χ1n) is 9.10. The van der Waals surface area contributed by atoms with Crippen LogP contribution in [0.2, 0.25) is 0 Å². The third kappa shape index (κ3) is 4.64. The van der Waals surface area contributed by atoms with Gasteiger partial charge in [-0.3, -0.25) is 5.10 Å². The van der Waals surface area contributed by atoms with Gasteiger partial charge in [0.2, 0.25) is 5.88 Å². The fraction of sp³-hybridized carbons (Fsp3) is 0.400. The van der Waals surface area contributed by atoms with Gasteiger partial charge in [0.05, 0.1) is 19.8 Å². The van der Waals surface area contributed by atoms with Gasteiger partial charge in [-0.05, 0) is 44.4 Å². The summed E-state index contributed by atoms with van der Waals surface area (Å²) in [5.74, 6) is 3.08. The molecule has 0 spiro atoms. The molecule has 3 aromatic rings. The lowest BCUT2D eigenvalue weighted by atomic mass is 10.1.